The summed E-state index contributed by atoms with van der Waals surface area (Å²) < 4.78 is 0. The van der Waals surface area contributed by atoms with Crippen molar-refractivity contribution in [1.29, 1.82) is 5.26 Å². The molecule has 5 heteroatoms. The summed E-state index contributed by atoms with van der Waals surface area (Å²) in [7, 11) is 0. The number of hydrogen-bond donors (Lipinski definition) is 2. The molecule has 0 fully saturated rings. The Morgan fingerprint density at radius 1 is 1.73 bits per heavy atom. The highest BCUT2D eigenvalue weighted by molar-refractivity contribution is 7.09. The van der Waals surface area contributed by atoms with Crippen molar-refractivity contribution in [2.75, 3.05) is 0 Å². The first-order chi connectivity index (χ1) is 7.15. The first-order valence-corrected chi connectivity index (χ1v) is 5.13. The molecule has 0 saturated carbocycles. The van der Waals surface area contributed by atoms with Crippen molar-refractivity contribution in [3.63, 3.8) is 0 Å². The van der Waals surface area contributed by atoms with E-state index in [1.165, 1.54) is 18.3 Å². The summed E-state index contributed by atoms with van der Waals surface area (Å²) in [5.41, 5.74) is -0.244. The molecule has 0 aliphatic heterocycles. The summed E-state index contributed by atoms with van der Waals surface area (Å²) in [5.74, 6) is -0.813. The second-order valence-electron chi connectivity index (χ2n) is 2.83. The quantitative estimate of drug-likeness (QED) is 0.464. The van der Waals surface area contributed by atoms with Crippen LogP contribution in [0.5, 0.6) is 0 Å². The summed E-state index contributed by atoms with van der Waals surface area (Å²) in [5, 5.41) is 22.1. The van der Waals surface area contributed by atoms with Crippen molar-refractivity contribution < 1.29 is 9.90 Å². The highest BCUT2D eigenvalue weighted by atomic mass is 32.1. The van der Waals surface area contributed by atoms with E-state index in [1.54, 1.807) is 6.07 Å². The fourth-order valence-electron chi connectivity index (χ4n) is 0.965. The lowest BCUT2D eigenvalue weighted by atomic mass is 10.2. The molecule has 1 rings (SSSR count). The Labute approximate surface area is 91.5 Å². The highest BCUT2D eigenvalue weighted by Gasteiger charge is 2.11. The number of nitrogens with zero attached hydrogens (tertiary/aromatic N) is 1. The van der Waals surface area contributed by atoms with E-state index in [2.05, 4.69) is 5.32 Å². The lowest BCUT2D eigenvalue weighted by molar-refractivity contribution is -0.117. The topological polar surface area (TPSA) is 73.1 Å². The summed E-state index contributed by atoms with van der Waals surface area (Å²) in [6, 6.07) is 5.41. The van der Waals surface area contributed by atoms with Crippen LogP contribution in [0.3, 0.4) is 0 Å². The molecule has 4 nitrogen and oxygen atoms in total. The van der Waals surface area contributed by atoms with Crippen molar-refractivity contribution in [3.05, 3.63) is 33.7 Å². The fraction of sp³-hybridized carbons (Fsp3) is 0.200. The maximum Gasteiger partial charge on any atom is 0.265 e. The number of amides is 1. The number of carbonyl (C=O) groups is 1. The molecule has 0 radical (unpaired) electrons. The van der Waals surface area contributed by atoms with Gasteiger partial charge in [0, 0.05) is 4.88 Å². The van der Waals surface area contributed by atoms with E-state index in [9.17, 15) is 4.79 Å². The molecule has 0 aliphatic carbocycles. The minimum absolute atomic E-state index is 0.244. The molecule has 0 aromatic carbocycles. The second kappa shape index (κ2) is 5.17. The van der Waals surface area contributed by atoms with Crippen LogP contribution in [0.25, 0.3) is 0 Å². The van der Waals surface area contributed by atoms with Gasteiger partial charge in [-0.1, -0.05) is 6.07 Å². The number of carbonyl (C=O) groups excluding carboxylic acids is 1. The van der Waals surface area contributed by atoms with E-state index in [0.717, 1.165) is 4.88 Å². The molecule has 1 aromatic heterocycles. The van der Waals surface area contributed by atoms with Gasteiger partial charge in [-0.3, -0.25) is 4.79 Å². The van der Waals surface area contributed by atoms with Gasteiger partial charge in [0.05, 0.1) is 6.54 Å². The monoisotopic (exact) mass is 222 g/mol. The smallest absolute Gasteiger partial charge is 0.265 e. The Morgan fingerprint density at radius 2 is 2.47 bits per heavy atom. The summed E-state index contributed by atoms with van der Waals surface area (Å²) >= 11 is 1.52. The van der Waals surface area contributed by atoms with Gasteiger partial charge in [0.1, 0.15) is 11.8 Å². The number of thiophene rings is 1. The summed E-state index contributed by atoms with van der Waals surface area (Å²) in [4.78, 5) is 12.4. The van der Waals surface area contributed by atoms with Gasteiger partial charge in [0.25, 0.3) is 5.91 Å². The average molecular weight is 222 g/mol. The van der Waals surface area contributed by atoms with E-state index in [4.69, 9.17) is 10.4 Å². The van der Waals surface area contributed by atoms with Crippen LogP contribution in [-0.2, 0) is 11.3 Å². The van der Waals surface area contributed by atoms with Crippen LogP contribution in [0.15, 0.2) is 28.8 Å². The van der Waals surface area contributed by atoms with Crippen LogP contribution in [-0.4, -0.2) is 11.0 Å². The SMILES string of the molecule is C/C(O)=C(\C#N)C(=O)NCc1cccs1. The van der Waals surface area contributed by atoms with Crippen LogP contribution >= 0.6 is 11.3 Å². The Bertz CT molecular complexity index is 411. The van der Waals surface area contributed by atoms with Gasteiger partial charge in [-0.05, 0) is 18.4 Å². The van der Waals surface area contributed by atoms with Crippen LogP contribution in [0.1, 0.15) is 11.8 Å². The van der Waals surface area contributed by atoms with Gasteiger partial charge in [-0.15, -0.1) is 11.3 Å². The molecule has 0 saturated heterocycles. The average Bonchev–Trinajstić information content (AvgIpc) is 2.67. The zero-order valence-corrected chi connectivity index (χ0v) is 8.97. The minimum atomic E-state index is -0.550. The molecule has 0 unspecified atom stereocenters. The molecule has 0 atom stereocenters. The van der Waals surface area contributed by atoms with Gasteiger partial charge in [0.2, 0.25) is 0 Å². The highest BCUT2D eigenvalue weighted by Crippen LogP contribution is 2.08. The van der Waals surface area contributed by atoms with Crippen molar-refractivity contribution >= 4 is 17.2 Å². The molecule has 1 aromatic rings. The zero-order valence-electron chi connectivity index (χ0n) is 8.15. The molecule has 0 spiro atoms. The lowest BCUT2D eigenvalue weighted by Gasteiger charge is -2.02. The number of aliphatic hydroxyl groups is 1. The van der Waals surface area contributed by atoms with E-state index in [1.807, 2.05) is 17.5 Å². The molecule has 1 amide bonds. The molecule has 1 heterocycles. The number of rotatable bonds is 3. The van der Waals surface area contributed by atoms with Crippen molar-refractivity contribution in [3.8, 4) is 6.07 Å². The predicted molar refractivity (Wildman–Crippen MR) is 57.1 cm³/mol. The van der Waals surface area contributed by atoms with Gasteiger partial charge in [-0.25, -0.2) is 0 Å². The standard InChI is InChI=1S/C10H10N2O2S/c1-7(13)9(5-11)10(14)12-6-8-3-2-4-15-8/h2-4,13H,6H2,1H3,(H,12,14)/b9-7-. The summed E-state index contributed by atoms with van der Waals surface area (Å²) in [6.45, 7) is 1.68. The normalized spacial score (nSPS) is 11.5. The number of nitrogens with one attached hydrogen (secondary N) is 1. The van der Waals surface area contributed by atoms with Gasteiger partial charge in [0.15, 0.2) is 5.57 Å². The van der Waals surface area contributed by atoms with E-state index >= 15 is 0 Å². The molecule has 78 valence electrons. The zero-order chi connectivity index (χ0) is 11.3. The molecule has 0 bridgehead atoms. The first-order valence-electron chi connectivity index (χ1n) is 4.25. The third-order valence-corrected chi connectivity index (χ3v) is 2.58. The third-order valence-electron chi connectivity index (χ3n) is 1.70. The molecule has 0 aliphatic rings. The molecule has 2 N–H and O–H groups in total. The number of hydrogen-bond acceptors (Lipinski definition) is 4. The fourth-order valence-corrected chi connectivity index (χ4v) is 1.61. The van der Waals surface area contributed by atoms with Crippen LogP contribution in [0.2, 0.25) is 0 Å². The van der Waals surface area contributed by atoms with Crippen molar-refractivity contribution in [1.82, 2.24) is 5.32 Å². The summed E-state index contributed by atoms with van der Waals surface area (Å²) in [6.07, 6.45) is 0. The van der Waals surface area contributed by atoms with Crippen LogP contribution in [0, 0.1) is 11.3 Å². The molecule has 15 heavy (non-hydrogen) atoms. The van der Waals surface area contributed by atoms with Gasteiger partial charge < -0.3 is 10.4 Å². The predicted octanol–water partition coefficient (Wildman–Crippen LogP) is 1.72. The first kappa shape index (κ1) is 11.3. The minimum Gasteiger partial charge on any atom is -0.511 e. The number of nitriles is 1. The van der Waals surface area contributed by atoms with Gasteiger partial charge >= 0.3 is 0 Å². The van der Waals surface area contributed by atoms with E-state index < -0.39 is 5.91 Å². The molecular weight excluding hydrogens is 212 g/mol. The number of aliphatic hydroxyl groups excluding tert-OH is 1. The second-order valence-corrected chi connectivity index (χ2v) is 3.87. The van der Waals surface area contributed by atoms with Crippen molar-refractivity contribution in [2.45, 2.75) is 13.5 Å². The van der Waals surface area contributed by atoms with Crippen LogP contribution < -0.4 is 5.32 Å². The van der Waals surface area contributed by atoms with Crippen molar-refractivity contribution in [2.24, 2.45) is 0 Å². The maximum atomic E-state index is 11.4. The largest absolute Gasteiger partial charge is 0.511 e. The van der Waals surface area contributed by atoms with E-state index in [-0.39, 0.29) is 11.3 Å². The Balaban J connectivity index is 2.58. The van der Waals surface area contributed by atoms with E-state index in [0.29, 0.717) is 6.54 Å². The Hall–Kier alpha value is -1.80. The molecular formula is C10H10N2O2S. The van der Waals surface area contributed by atoms with Crippen LogP contribution in [0.4, 0.5) is 0 Å². The van der Waals surface area contributed by atoms with Gasteiger partial charge in [-0.2, -0.15) is 5.26 Å². The number of allylic oxidation sites excluding steroid dienone is 1. The Kier molecular flexibility index (Phi) is 3.89. The Morgan fingerprint density at radius 3 is 2.93 bits per heavy atom. The third kappa shape index (κ3) is 3.11. The maximum absolute atomic E-state index is 11.4. The lowest BCUT2D eigenvalue weighted by Crippen LogP contribution is -2.24.